The Balaban J connectivity index is 2.66. The van der Waals surface area contributed by atoms with Crippen molar-refractivity contribution in [1.82, 2.24) is 0 Å². The first-order chi connectivity index (χ1) is 7.27. The summed E-state index contributed by atoms with van der Waals surface area (Å²) in [5, 5.41) is 2.33. The van der Waals surface area contributed by atoms with Crippen LogP contribution in [-0.4, -0.2) is 11.7 Å². The molecule has 1 aromatic carbocycles. The molecule has 0 bridgehead atoms. The van der Waals surface area contributed by atoms with E-state index in [9.17, 15) is 0 Å². The number of hydrogen-bond donors (Lipinski definition) is 2. The zero-order valence-electron chi connectivity index (χ0n) is 8.52. The van der Waals surface area contributed by atoms with Crippen LogP contribution in [0.3, 0.4) is 0 Å². The van der Waals surface area contributed by atoms with Gasteiger partial charge in [0.1, 0.15) is 0 Å². The molecule has 15 heavy (non-hydrogen) atoms. The fraction of sp³-hybridized carbons (Fsp3) is 0.364. The van der Waals surface area contributed by atoms with Crippen LogP contribution >= 0.6 is 12.2 Å². The third kappa shape index (κ3) is 3.90. The number of aliphatic imine (C=N–C) groups is 1. The van der Waals surface area contributed by atoms with Crippen LogP contribution in [0.2, 0.25) is 0 Å². The van der Waals surface area contributed by atoms with E-state index in [1.54, 1.807) is 0 Å². The summed E-state index contributed by atoms with van der Waals surface area (Å²) in [6, 6.07) is 7.76. The van der Waals surface area contributed by atoms with Crippen LogP contribution < -0.4 is 11.5 Å². The lowest BCUT2D eigenvalue weighted by molar-refractivity contribution is 0.618. The standard InChI is InChI=1S/C11H15N3S/c12-7-1-2-11(13)9-3-5-10(6-4-9)14-8-15/h3-6,11H,1-2,7,12-13H2. The van der Waals surface area contributed by atoms with Crippen molar-refractivity contribution in [3.05, 3.63) is 29.8 Å². The maximum absolute atomic E-state index is 5.98. The van der Waals surface area contributed by atoms with Crippen molar-refractivity contribution < 1.29 is 0 Å². The van der Waals surface area contributed by atoms with E-state index in [0.717, 1.165) is 24.1 Å². The lowest BCUT2D eigenvalue weighted by Gasteiger charge is -2.10. The first-order valence-corrected chi connectivity index (χ1v) is 5.32. The largest absolute Gasteiger partial charge is 0.330 e. The lowest BCUT2D eigenvalue weighted by atomic mass is 10.0. The molecule has 0 amide bonds. The summed E-state index contributed by atoms with van der Waals surface area (Å²) in [6.07, 6.45) is 1.85. The molecule has 0 saturated carbocycles. The van der Waals surface area contributed by atoms with E-state index in [2.05, 4.69) is 22.4 Å². The highest BCUT2D eigenvalue weighted by molar-refractivity contribution is 7.78. The SMILES string of the molecule is NCCCC(N)c1ccc(N=C=S)cc1. The van der Waals surface area contributed by atoms with Gasteiger partial charge in [-0.25, -0.2) is 0 Å². The monoisotopic (exact) mass is 221 g/mol. The van der Waals surface area contributed by atoms with Gasteiger partial charge in [-0.1, -0.05) is 12.1 Å². The molecule has 0 radical (unpaired) electrons. The number of thiocarbonyl (C=S) groups is 1. The van der Waals surface area contributed by atoms with Crippen LogP contribution in [0, 0.1) is 0 Å². The average Bonchev–Trinajstić information content (AvgIpc) is 2.27. The predicted molar refractivity (Wildman–Crippen MR) is 66.3 cm³/mol. The number of rotatable bonds is 5. The third-order valence-electron chi connectivity index (χ3n) is 2.22. The van der Waals surface area contributed by atoms with Crippen molar-refractivity contribution in [2.75, 3.05) is 6.54 Å². The van der Waals surface area contributed by atoms with E-state index in [1.165, 1.54) is 0 Å². The Morgan fingerprint density at radius 1 is 1.33 bits per heavy atom. The summed E-state index contributed by atoms with van der Waals surface area (Å²) < 4.78 is 0. The Morgan fingerprint density at radius 2 is 2.00 bits per heavy atom. The number of isothiocyanates is 1. The summed E-state index contributed by atoms with van der Waals surface area (Å²) in [4.78, 5) is 3.87. The molecular formula is C11H15N3S. The summed E-state index contributed by atoms with van der Waals surface area (Å²) in [7, 11) is 0. The maximum atomic E-state index is 5.98. The summed E-state index contributed by atoms with van der Waals surface area (Å²) in [5.74, 6) is 0. The molecule has 0 saturated heterocycles. The van der Waals surface area contributed by atoms with Crippen LogP contribution in [0.4, 0.5) is 5.69 Å². The molecule has 3 nitrogen and oxygen atoms in total. The molecular weight excluding hydrogens is 206 g/mol. The number of nitrogens with two attached hydrogens (primary N) is 2. The van der Waals surface area contributed by atoms with Crippen molar-refractivity contribution in [3.8, 4) is 0 Å². The molecule has 0 fully saturated rings. The van der Waals surface area contributed by atoms with Gasteiger partial charge in [-0.15, -0.1) is 0 Å². The second-order valence-electron chi connectivity index (χ2n) is 3.33. The molecule has 0 aliphatic rings. The Hall–Kier alpha value is -1.06. The van der Waals surface area contributed by atoms with E-state index < -0.39 is 0 Å². The van der Waals surface area contributed by atoms with Crippen molar-refractivity contribution in [2.45, 2.75) is 18.9 Å². The van der Waals surface area contributed by atoms with Crippen LogP contribution in [0.5, 0.6) is 0 Å². The van der Waals surface area contributed by atoms with Gasteiger partial charge in [0.05, 0.1) is 10.8 Å². The molecule has 1 atom stereocenters. The smallest absolute Gasteiger partial charge is 0.0739 e. The van der Waals surface area contributed by atoms with Gasteiger partial charge in [0.25, 0.3) is 0 Å². The van der Waals surface area contributed by atoms with E-state index in [-0.39, 0.29) is 6.04 Å². The minimum absolute atomic E-state index is 0.0547. The Labute approximate surface area is 95.2 Å². The van der Waals surface area contributed by atoms with Gasteiger partial charge in [-0.2, -0.15) is 4.99 Å². The average molecular weight is 221 g/mol. The Morgan fingerprint density at radius 3 is 2.53 bits per heavy atom. The molecule has 4 heteroatoms. The maximum Gasteiger partial charge on any atom is 0.0739 e. The highest BCUT2D eigenvalue weighted by atomic mass is 32.1. The highest BCUT2D eigenvalue weighted by Gasteiger charge is 2.04. The minimum Gasteiger partial charge on any atom is -0.330 e. The van der Waals surface area contributed by atoms with E-state index in [1.807, 2.05) is 24.3 Å². The van der Waals surface area contributed by atoms with Gasteiger partial charge in [0, 0.05) is 6.04 Å². The molecule has 0 aromatic heterocycles. The van der Waals surface area contributed by atoms with Gasteiger partial charge in [-0.05, 0) is 49.3 Å². The van der Waals surface area contributed by atoms with Gasteiger partial charge < -0.3 is 11.5 Å². The van der Waals surface area contributed by atoms with Gasteiger partial charge in [0.2, 0.25) is 0 Å². The van der Waals surface area contributed by atoms with Crippen molar-refractivity contribution in [1.29, 1.82) is 0 Å². The number of hydrogen-bond acceptors (Lipinski definition) is 4. The Kier molecular flexibility index (Phi) is 5.15. The van der Waals surface area contributed by atoms with Gasteiger partial charge in [-0.3, -0.25) is 0 Å². The molecule has 0 spiro atoms. The zero-order valence-corrected chi connectivity index (χ0v) is 9.33. The summed E-state index contributed by atoms with van der Waals surface area (Å²) in [5.41, 5.74) is 13.3. The van der Waals surface area contributed by atoms with Crippen LogP contribution in [-0.2, 0) is 0 Å². The fourth-order valence-electron chi connectivity index (χ4n) is 1.35. The minimum atomic E-state index is 0.0547. The fourth-order valence-corrected chi connectivity index (χ4v) is 1.46. The highest BCUT2D eigenvalue weighted by Crippen LogP contribution is 2.19. The molecule has 4 N–H and O–H groups in total. The third-order valence-corrected chi connectivity index (χ3v) is 2.31. The van der Waals surface area contributed by atoms with Gasteiger partial charge in [0.15, 0.2) is 0 Å². The van der Waals surface area contributed by atoms with Crippen molar-refractivity contribution in [2.24, 2.45) is 16.5 Å². The first kappa shape index (κ1) is 12.0. The van der Waals surface area contributed by atoms with Crippen LogP contribution in [0.25, 0.3) is 0 Å². The topological polar surface area (TPSA) is 64.4 Å². The summed E-state index contributed by atoms with van der Waals surface area (Å²) >= 11 is 4.52. The first-order valence-electron chi connectivity index (χ1n) is 4.91. The molecule has 0 heterocycles. The molecule has 1 aromatic rings. The lowest BCUT2D eigenvalue weighted by Crippen LogP contribution is -2.12. The van der Waals surface area contributed by atoms with Crippen molar-refractivity contribution >= 4 is 23.1 Å². The quantitative estimate of drug-likeness (QED) is 0.591. The summed E-state index contributed by atoms with van der Waals surface area (Å²) in [6.45, 7) is 0.682. The predicted octanol–water partition coefficient (Wildman–Crippen LogP) is 2.16. The number of nitrogens with zero attached hydrogens (tertiary/aromatic N) is 1. The normalized spacial score (nSPS) is 11.9. The molecule has 0 aliphatic carbocycles. The zero-order chi connectivity index (χ0) is 11.1. The van der Waals surface area contributed by atoms with Crippen LogP contribution in [0.15, 0.2) is 29.3 Å². The number of benzene rings is 1. The van der Waals surface area contributed by atoms with Crippen LogP contribution in [0.1, 0.15) is 24.4 Å². The molecule has 1 rings (SSSR count). The van der Waals surface area contributed by atoms with Gasteiger partial charge >= 0.3 is 0 Å². The molecule has 1 unspecified atom stereocenters. The van der Waals surface area contributed by atoms with E-state index in [4.69, 9.17) is 11.5 Å². The van der Waals surface area contributed by atoms with E-state index in [0.29, 0.717) is 6.54 Å². The van der Waals surface area contributed by atoms with E-state index >= 15 is 0 Å². The van der Waals surface area contributed by atoms with Crippen molar-refractivity contribution in [3.63, 3.8) is 0 Å². The second-order valence-corrected chi connectivity index (χ2v) is 3.51. The molecule has 0 aliphatic heterocycles. The molecule has 80 valence electrons. The second kappa shape index (κ2) is 6.43. The Bertz CT molecular complexity index is 341.